The molecule has 2 aromatic heterocycles. The van der Waals surface area contributed by atoms with Crippen molar-refractivity contribution in [1.82, 2.24) is 15.0 Å². The number of nitrogens with one attached hydrogen (secondary N) is 1. The van der Waals surface area contributed by atoms with Gasteiger partial charge in [0.2, 0.25) is 0 Å². The molecule has 20 heavy (non-hydrogen) atoms. The Hall–Kier alpha value is -2.27. The molecule has 0 fully saturated rings. The van der Waals surface area contributed by atoms with Gasteiger partial charge < -0.3 is 5.32 Å². The third kappa shape index (κ3) is 3.00. The number of rotatable bonds is 4. The van der Waals surface area contributed by atoms with E-state index in [4.69, 9.17) is 0 Å². The Bertz CT molecular complexity index is 694. The van der Waals surface area contributed by atoms with E-state index in [1.165, 1.54) is 0 Å². The first-order valence-corrected chi connectivity index (χ1v) is 7.20. The lowest BCUT2D eigenvalue weighted by molar-refractivity contribution is 1.01. The van der Waals surface area contributed by atoms with Gasteiger partial charge in [0.25, 0.3) is 0 Å². The molecule has 0 bridgehead atoms. The van der Waals surface area contributed by atoms with Gasteiger partial charge in [0.05, 0.1) is 22.9 Å². The Kier molecular flexibility index (Phi) is 3.69. The molecule has 2 heterocycles. The zero-order chi connectivity index (χ0) is 13.8. The van der Waals surface area contributed by atoms with Crippen LogP contribution in [-0.2, 0) is 6.54 Å². The summed E-state index contributed by atoms with van der Waals surface area (Å²) in [6, 6.07) is 10.2. The SMILES string of the molecule is Cc1nc(-c2cccc(NCc3ccncn3)c2)cs1. The molecule has 4 nitrogen and oxygen atoms in total. The highest BCUT2D eigenvalue weighted by Gasteiger charge is 2.03. The Balaban J connectivity index is 1.75. The maximum Gasteiger partial charge on any atom is 0.115 e. The number of hydrogen-bond donors (Lipinski definition) is 1. The van der Waals surface area contributed by atoms with E-state index in [2.05, 4.69) is 37.8 Å². The van der Waals surface area contributed by atoms with Crippen molar-refractivity contribution in [3.8, 4) is 11.3 Å². The van der Waals surface area contributed by atoms with Crippen LogP contribution in [0.25, 0.3) is 11.3 Å². The van der Waals surface area contributed by atoms with Gasteiger partial charge in [-0.25, -0.2) is 15.0 Å². The average Bonchev–Trinajstić information content (AvgIpc) is 2.93. The monoisotopic (exact) mass is 282 g/mol. The van der Waals surface area contributed by atoms with Crippen LogP contribution in [0.1, 0.15) is 10.7 Å². The van der Waals surface area contributed by atoms with E-state index in [1.807, 2.05) is 25.1 Å². The molecule has 0 unspecified atom stereocenters. The van der Waals surface area contributed by atoms with E-state index in [0.29, 0.717) is 6.54 Å². The van der Waals surface area contributed by atoms with Crippen LogP contribution in [0.15, 0.2) is 48.2 Å². The minimum Gasteiger partial charge on any atom is -0.379 e. The minimum atomic E-state index is 0.683. The quantitative estimate of drug-likeness (QED) is 0.795. The molecule has 0 aliphatic carbocycles. The first kappa shape index (κ1) is 12.7. The zero-order valence-electron chi connectivity index (χ0n) is 11.1. The molecule has 0 radical (unpaired) electrons. The molecule has 0 aliphatic rings. The van der Waals surface area contributed by atoms with Crippen molar-refractivity contribution in [2.24, 2.45) is 0 Å². The normalized spacial score (nSPS) is 10.4. The van der Waals surface area contributed by atoms with Crippen LogP contribution < -0.4 is 5.32 Å². The van der Waals surface area contributed by atoms with Crippen molar-refractivity contribution in [1.29, 1.82) is 0 Å². The number of thiazole rings is 1. The number of aromatic nitrogens is 3. The summed E-state index contributed by atoms with van der Waals surface area (Å²) in [6.45, 7) is 2.70. The van der Waals surface area contributed by atoms with Gasteiger partial charge in [0.15, 0.2) is 0 Å². The maximum absolute atomic E-state index is 4.51. The predicted molar refractivity (Wildman–Crippen MR) is 81.6 cm³/mol. The molecule has 1 aromatic carbocycles. The fourth-order valence-corrected chi connectivity index (χ4v) is 2.52. The van der Waals surface area contributed by atoms with Gasteiger partial charge in [-0.15, -0.1) is 11.3 Å². The van der Waals surface area contributed by atoms with Gasteiger partial charge in [-0.05, 0) is 25.1 Å². The van der Waals surface area contributed by atoms with Crippen molar-refractivity contribution in [3.63, 3.8) is 0 Å². The summed E-state index contributed by atoms with van der Waals surface area (Å²) in [5.41, 5.74) is 4.18. The van der Waals surface area contributed by atoms with Crippen LogP contribution in [0, 0.1) is 6.92 Å². The standard InChI is InChI=1S/C15H14N4S/c1-11-19-15(9-20-11)12-3-2-4-13(7-12)17-8-14-5-6-16-10-18-14/h2-7,9-10,17H,8H2,1H3. The van der Waals surface area contributed by atoms with Crippen LogP contribution >= 0.6 is 11.3 Å². The molecule has 0 aliphatic heterocycles. The van der Waals surface area contributed by atoms with Crippen molar-refractivity contribution >= 4 is 17.0 Å². The number of benzene rings is 1. The van der Waals surface area contributed by atoms with E-state index in [1.54, 1.807) is 23.9 Å². The van der Waals surface area contributed by atoms with Crippen LogP contribution in [-0.4, -0.2) is 15.0 Å². The lowest BCUT2D eigenvalue weighted by Gasteiger charge is -2.07. The molecule has 1 N–H and O–H groups in total. The van der Waals surface area contributed by atoms with E-state index in [-0.39, 0.29) is 0 Å². The summed E-state index contributed by atoms with van der Waals surface area (Å²) in [7, 11) is 0. The molecule has 100 valence electrons. The molecule has 3 rings (SSSR count). The number of aryl methyl sites for hydroxylation is 1. The fourth-order valence-electron chi connectivity index (χ4n) is 1.90. The smallest absolute Gasteiger partial charge is 0.115 e. The predicted octanol–water partition coefficient (Wildman–Crippen LogP) is 3.52. The Morgan fingerprint density at radius 3 is 2.95 bits per heavy atom. The molecule has 3 aromatic rings. The number of nitrogens with zero attached hydrogens (tertiary/aromatic N) is 3. The first-order valence-electron chi connectivity index (χ1n) is 6.32. The van der Waals surface area contributed by atoms with Gasteiger partial charge >= 0.3 is 0 Å². The summed E-state index contributed by atoms with van der Waals surface area (Å²) in [5, 5.41) is 6.53. The summed E-state index contributed by atoms with van der Waals surface area (Å²) >= 11 is 1.67. The van der Waals surface area contributed by atoms with E-state index >= 15 is 0 Å². The van der Waals surface area contributed by atoms with Crippen LogP contribution in [0.2, 0.25) is 0 Å². The zero-order valence-corrected chi connectivity index (χ0v) is 11.9. The van der Waals surface area contributed by atoms with E-state index in [9.17, 15) is 0 Å². The van der Waals surface area contributed by atoms with E-state index < -0.39 is 0 Å². The van der Waals surface area contributed by atoms with Crippen molar-refractivity contribution in [2.75, 3.05) is 5.32 Å². The highest BCUT2D eigenvalue weighted by molar-refractivity contribution is 7.09. The number of anilines is 1. The molecule has 5 heteroatoms. The van der Waals surface area contributed by atoms with Gasteiger partial charge in [0.1, 0.15) is 6.33 Å². The number of hydrogen-bond acceptors (Lipinski definition) is 5. The molecule has 0 saturated carbocycles. The Morgan fingerprint density at radius 2 is 2.20 bits per heavy atom. The second-order valence-corrected chi connectivity index (χ2v) is 5.45. The molecular formula is C15H14N4S. The second kappa shape index (κ2) is 5.79. The minimum absolute atomic E-state index is 0.683. The van der Waals surface area contributed by atoms with Crippen LogP contribution in [0.5, 0.6) is 0 Å². The van der Waals surface area contributed by atoms with E-state index in [0.717, 1.165) is 27.6 Å². The van der Waals surface area contributed by atoms with Crippen LogP contribution in [0.3, 0.4) is 0 Å². The molecule has 0 atom stereocenters. The maximum atomic E-state index is 4.51. The van der Waals surface area contributed by atoms with Crippen LogP contribution in [0.4, 0.5) is 5.69 Å². The second-order valence-electron chi connectivity index (χ2n) is 4.39. The lowest BCUT2D eigenvalue weighted by Crippen LogP contribution is -2.01. The fraction of sp³-hybridized carbons (Fsp3) is 0.133. The van der Waals surface area contributed by atoms with Gasteiger partial charge in [-0.2, -0.15) is 0 Å². The molecule has 0 spiro atoms. The summed E-state index contributed by atoms with van der Waals surface area (Å²) in [6.07, 6.45) is 3.31. The van der Waals surface area contributed by atoms with Crippen molar-refractivity contribution < 1.29 is 0 Å². The van der Waals surface area contributed by atoms with Gasteiger partial charge in [0, 0.05) is 22.8 Å². The van der Waals surface area contributed by atoms with Gasteiger partial charge in [-0.1, -0.05) is 12.1 Å². The summed E-state index contributed by atoms with van der Waals surface area (Å²) in [5.74, 6) is 0. The lowest BCUT2D eigenvalue weighted by atomic mass is 10.1. The summed E-state index contributed by atoms with van der Waals surface area (Å²) in [4.78, 5) is 12.6. The molecule has 0 saturated heterocycles. The average molecular weight is 282 g/mol. The largest absolute Gasteiger partial charge is 0.379 e. The molecular weight excluding hydrogens is 268 g/mol. The Morgan fingerprint density at radius 1 is 1.25 bits per heavy atom. The Labute approximate surface area is 121 Å². The topological polar surface area (TPSA) is 50.7 Å². The van der Waals surface area contributed by atoms with Crippen molar-refractivity contribution in [3.05, 3.63) is 58.9 Å². The highest BCUT2D eigenvalue weighted by Crippen LogP contribution is 2.24. The summed E-state index contributed by atoms with van der Waals surface area (Å²) < 4.78 is 0. The third-order valence-electron chi connectivity index (χ3n) is 2.89. The van der Waals surface area contributed by atoms with Crippen molar-refractivity contribution in [2.45, 2.75) is 13.5 Å². The third-order valence-corrected chi connectivity index (χ3v) is 3.67. The van der Waals surface area contributed by atoms with Gasteiger partial charge in [-0.3, -0.25) is 0 Å². The highest BCUT2D eigenvalue weighted by atomic mass is 32.1. The molecule has 0 amide bonds. The first-order chi connectivity index (χ1) is 9.81.